The van der Waals surface area contributed by atoms with E-state index in [1.807, 2.05) is 25.1 Å². The summed E-state index contributed by atoms with van der Waals surface area (Å²) >= 11 is 0. The molecule has 0 radical (unpaired) electrons. The summed E-state index contributed by atoms with van der Waals surface area (Å²) in [5.74, 6) is 2.48. The molecule has 0 amide bonds. The second-order valence-electron chi connectivity index (χ2n) is 6.93. The van der Waals surface area contributed by atoms with Crippen LogP contribution >= 0.6 is 0 Å². The Labute approximate surface area is 172 Å². The standard InChI is InChI=1S/C24H28O5/c1-4-28-24-15-17(10-13-22(24)29-19-7-5-6-8-19)9-12-20(25)18-11-14-21(26-2)23(16-18)27-3/h9-16,19H,4-8H2,1-3H3/b12-9+. The molecule has 0 atom stereocenters. The Bertz CT molecular complexity index is 866. The van der Waals surface area contributed by atoms with Crippen LogP contribution < -0.4 is 18.9 Å². The van der Waals surface area contributed by atoms with Crippen LogP contribution in [-0.2, 0) is 0 Å². The van der Waals surface area contributed by atoms with Crippen LogP contribution in [0.2, 0.25) is 0 Å². The number of benzene rings is 2. The summed E-state index contributed by atoms with van der Waals surface area (Å²) in [4.78, 5) is 12.6. The van der Waals surface area contributed by atoms with E-state index < -0.39 is 0 Å². The molecule has 5 heteroatoms. The smallest absolute Gasteiger partial charge is 0.185 e. The average Bonchev–Trinajstić information content (AvgIpc) is 3.26. The lowest BCUT2D eigenvalue weighted by Gasteiger charge is -2.17. The van der Waals surface area contributed by atoms with Gasteiger partial charge in [-0.2, -0.15) is 0 Å². The number of carbonyl (C=O) groups is 1. The van der Waals surface area contributed by atoms with Crippen LogP contribution in [0.5, 0.6) is 23.0 Å². The van der Waals surface area contributed by atoms with Gasteiger partial charge in [-0.25, -0.2) is 0 Å². The number of ether oxygens (including phenoxy) is 4. The molecule has 2 aromatic rings. The Morgan fingerprint density at radius 2 is 1.69 bits per heavy atom. The van der Waals surface area contributed by atoms with Crippen molar-refractivity contribution in [1.29, 1.82) is 0 Å². The number of carbonyl (C=O) groups excluding carboxylic acids is 1. The van der Waals surface area contributed by atoms with Gasteiger partial charge < -0.3 is 18.9 Å². The lowest BCUT2D eigenvalue weighted by Crippen LogP contribution is -2.11. The first-order valence-electron chi connectivity index (χ1n) is 10.0. The molecule has 3 rings (SSSR count). The molecular weight excluding hydrogens is 368 g/mol. The third-order valence-corrected chi connectivity index (χ3v) is 4.96. The number of methoxy groups -OCH3 is 2. The quantitative estimate of drug-likeness (QED) is 0.424. The zero-order valence-corrected chi connectivity index (χ0v) is 17.3. The molecule has 2 aromatic carbocycles. The largest absolute Gasteiger partial charge is 0.493 e. The van der Waals surface area contributed by atoms with Crippen LogP contribution in [0.25, 0.3) is 6.08 Å². The Morgan fingerprint density at radius 3 is 2.38 bits per heavy atom. The Morgan fingerprint density at radius 1 is 0.966 bits per heavy atom. The van der Waals surface area contributed by atoms with Crippen molar-refractivity contribution in [3.63, 3.8) is 0 Å². The second kappa shape index (κ2) is 10.0. The van der Waals surface area contributed by atoms with E-state index in [2.05, 4.69) is 0 Å². The zero-order chi connectivity index (χ0) is 20.6. The number of hydrogen-bond acceptors (Lipinski definition) is 5. The molecule has 1 fully saturated rings. The van der Waals surface area contributed by atoms with Gasteiger partial charge in [0.15, 0.2) is 28.8 Å². The summed E-state index contributed by atoms with van der Waals surface area (Å²) in [6, 6.07) is 10.9. The topological polar surface area (TPSA) is 54.0 Å². The molecule has 0 saturated heterocycles. The maximum absolute atomic E-state index is 12.6. The fourth-order valence-corrected chi connectivity index (χ4v) is 3.44. The van der Waals surface area contributed by atoms with Gasteiger partial charge in [0.05, 0.1) is 26.9 Å². The van der Waals surface area contributed by atoms with Crippen molar-refractivity contribution < 1.29 is 23.7 Å². The van der Waals surface area contributed by atoms with E-state index >= 15 is 0 Å². The zero-order valence-electron chi connectivity index (χ0n) is 17.3. The number of hydrogen-bond donors (Lipinski definition) is 0. The fourth-order valence-electron chi connectivity index (χ4n) is 3.44. The fraction of sp³-hybridized carbons (Fsp3) is 0.375. The van der Waals surface area contributed by atoms with E-state index in [4.69, 9.17) is 18.9 Å². The van der Waals surface area contributed by atoms with E-state index in [0.29, 0.717) is 29.4 Å². The first-order valence-corrected chi connectivity index (χ1v) is 10.0. The van der Waals surface area contributed by atoms with E-state index in [1.165, 1.54) is 12.8 Å². The monoisotopic (exact) mass is 396 g/mol. The van der Waals surface area contributed by atoms with Crippen LogP contribution in [-0.4, -0.2) is 32.7 Å². The first-order chi connectivity index (χ1) is 14.1. The lowest BCUT2D eigenvalue weighted by molar-refractivity contribution is 0.104. The Balaban J connectivity index is 1.75. The van der Waals surface area contributed by atoms with E-state index in [9.17, 15) is 4.79 Å². The summed E-state index contributed by atoms with van der Waals surface area (Å²) in [5.41, 5.74) is 1.41. The molecule has 0 spiro atoms. The first kappa shape index (κ1) is 20.8. The molecule has 0 aromatic heterocycles. The summed E-state index contributed by atoms with van der Waals surface area (Å²) in [5, 5.41) is 0. The van der Waals surface area contributed by atoms with Gasteiger partial charge in [0.1, 0.15) is 0 Å². The predicted molar refractivity (Wildman–Crippen MR) is 113 cm³/mol. The van der Waals surface area contributed by atoms with Crippen molar-refractivity contribution in [2.75, 3.05) is 20.8 Å². The summed E-state index contributed by atoms with van der Waals surface area (Å²) < 4.78 is 22.4. The minimum absolute atomic E-state index is 0.116. The highest BCUT2D eigenvalue weighted by molar-refractivity contribution is 6.07. The lowest BCUT2D eigenvalue weighted by atomic mass is 10.1. The van der Waals surface area contributed by atoms with Gasteiger partial charge in [0.2, 0.25) is 0 Å². The normalized spacial score (nSPS) is 14.2. The third-order valence-electron chi connectivity index (χ3n) is 4.96. The molecule has 0 unspecified atom stereocenters. The van der Waals surface area contributed by atoms with Crippen LogP contribution in [0.15, 0.2) is 42.5 Å². The predicted octanol–water partition coefficient (Wildman–Crippen LogP) is 5.32. The molecule has 1 aliphatic carbocycles. The molecule has 29 heavy (non-hydrogen) atoms. The molecule has 154 valence electrons. The third kappa shape index (κ3) is 5.31. The molecule has 0 N–H and O–H groups in total. The maximum Gasteiger partial charge on any atom is 0.185 e. The van der Waals surface area contributed by atoms with Crippen molar-refractivity contribution in [3.8, 4) is 23.0 Å². The van der Waals surface area contributed by atoms with E-state index in [0.717, 1.165) is 24.2 Å². The van der Waals surface area contributed by atoms with Crippen LogP contribution in [0.4, 0.5) is 0 Å². The highest BCUT2D eigenvalue weighted by Crippen LogP contribution is 2.33. The molecule has 0 heterocycles. The number of rotatable bonds is 9. The van der Waals surface area contributed by atoms with Gasteiger partial charge in [-0.05, 0) is 74.6 Å². The molecule has 0 bridgehead atoms. The van der Waals surface area contributed by atoms with Gasteiger partial charge in [-0.3, -0.25) is 4.79 Å². The van der Waals surface area contributed by atoms with E-state index in [-0.39, 0.29) is 11.9 Å². The molecule has 1 aliphatic rings. The molecule has 0 aliphatic heterocycles. The Hall–Kier alpha value is -2.95. The van der Waals surface area contributed by atoms with Crippen LogP contribution in [0, 0.1) is 0 Å². The van der Waals surface area contributed by atoms with Crippen molar-refractivity contribution >= 4 is 11.9 Å². The summed E-state index contributed by atoms with van der Waals surface area (Å²) in [6.45, 7) is 2.50. The van der Waals surface area contributed by atoms with Gasteiger partial charge in [-0.15, -0.1) is 0 Å². The SMILES string of the molecule is CCOc1cc(/C=C/C(=O)c2ccc(OC)c(OC)c2)ccc1OC1CCCC1. The Kier molecular flexibility index (Phi) is 7.17. The highest BCUT2D eigenvalue weighted by atomic mass is 16.5. The molecule has 1 saturated carbocycles. The van der Waals surface area contributed by atoms with Crippen molar-refractivity contribution in [3.05, 3.63) is 53.6 Å². The van der Waals surface area contributed by atoms with Crippen molar-refractivity contribution in [2.45, 2.75) is 38.7 Å². The van der Waals surface area contributed by atoms with E-state index in [1.54, 1.807) is 44.6 Å². The second-order valence-corrected chi connectivity index (χ2v) is 6.93. The summed E-state index contributed by atoms with van der Waals surface area (Å²) in [7, 11) is 3.11. The van der Waals surface area contributed by atoms with Crippen LogP contribution in [0.1, 0.15) is 48.5 Å². The van der Waals surface area contributed by atoms with Crippen molar-refractivity contribution in [2.24, 2.45) is 0 Å². The number of ketones is 1. The summed E-state index contributed by atoms with van der Waals surface area (Å²) in [6.07, 6.45) is 8.20. The van der Waals surface area contributed by atoms with Gasteiger partial charge in [0, 0.05) is 5.56 Å². The minimum Gasteiger partial charge on any atom is -0.493 e. The highest BCUT2D eigenvalue weighted by Gasteiger charge is 2.18. The average molecular weight is 396 g/mol. The molecule has 5 nitrogen and oxygen atoms in total. The van der Waals surface area contributed by atoms with Crippen molar-refractivity contribution in [1.82, 2.24) is 0 Å². The van der Waals surface area contributed by atoms with Gasteiger partial charge in [0.25, 0.3) is 0 Å². The van der Waals surface area contributed by atoms with Gasteiger partial charge in [-0.1, -0.05) is 12.1 Å². The van der Waals surface area contributed by atoms with Crippen LogP contribution in [0.3, 0.4) is 0 Å². The maximum atomic E-state index is 12.6. The van der Waals surface area contributed by atoms with Gasteiger partial charge >= 0.3 is 0 Å². The number of allylic oxidation sites excluding steroid dienone is 1. The molecular formula is C24H28O5. The minimum atomic E-state index is -0.116.